The van der Waals surface area contributed by atoms with E-state index in [9.17, 15) is 9.59 Å². The van der Waals surface area contributed by atoms with Crippen molar-refractivity contribution in [2.75, 3.05) is 28.6 Å². The number of piperidine rings is 1. The molecular formula is C18H20BrN5O2. The van der Waals surface area contributed by atoms with Crippen molar-refractivity contribution in [2.24, 2.45) is 5.92 Å². The quantitative estimate of drug-likeness (QED) is 0.797. The van der Waals surface area contributed by atoms with Crippen molar-refractivity contribution >= 4 is 45.1 Å². The molecule has 136 valence electrons. The van der Waals surface area contributed by atoms with Gasteiger partial charge in [-0.05, 0) is 37.1 Å². The Hall–Kier alpha value is -2.48. The topological polar surface area (TPSA) is 87.2 Å². The first-order chi connectivity index (χ1) is 12.5. The van der Waals surface area contributed by atoms with Crippen LogP contribution in [-0.4, -0.2) is 34.9 Å². The fourth-order valence-corrected chi connectivity index (χ4v) is 3.31. The largest absolute Gasteiger partial charge is 0.341 e. The van der Waals surface area contributed by atoms with E-state index in [1.807, 2.05) is 6.07 Å². The Kier molecular flexibility index (Phi) is 5.82. The van der Waals surface area contributed by atoms with Gasteiger partial charge < -0.3 is 15.5 Å². The summed E-state index contributed by atoms with van der Waals surface area (Å²) in [6, 6.07) is 7.15. The maximum atomic E-state index is 12.7. The summed E-state index contributed by atoms with van der Waals surface area (Å²) in [6.45, 7) is 2.91. The molecule has 1 saturated heterocycles. The molecule has 2 aromatic rings. The number of hydrogen-bond acceptors (Lipinski definition) is 5. The zero-order chi connectivity index (χ0) is 18.5. The van der Waals surface area contributed by atoms with Gasteiger partial charge in [-0.15, -0.1) is 0 Å². The molecule has 26 heavy (non-hydrogen) atoms. The molecule has 0 aliphatic carbocycles. The monoisotopic (exact) mass is 417 g/mol. The second kappa shape index (κ2) is 8.27. The molecule has 8 heteroatoms. The number of halogens is 1. The lowest BCUT2D eigenvalue weighted by atomic mass is 9.96. The van der Waals surface area contributed by atoms with E-state index in [1.54, 1.807) is 30.6 Å². The molecule has 1 aliphatic rings. The van der Waals surface area contributed by atoms with Gasteiger partial charge in [0.1, 0.15) is 0 Å². The van der Waals surface area contributed by atoms with Crippen LogP contribution in [0.15, 0.2) is 41.1 Å². The lowest BCUT2D eigenvalue weighted by molar-refractivity contribution is -0.120. The highest BCUT2D eigenvalue weighted by Crippen LogP contribution is 2.28. The smallest absolute Gasteiger partial charge is 0.227 e. The van der Waals surface area contributed by atoms with E-state index in [0.717, 1.165) is 30.4 Å². The van der Waals surface area contributed by atoms with Crippen LogP contribution in [0.1, 0.15) is 19.8 Å². The summed E-state index contributed by atoms with van der Waals surface area (Å²) < 4.78 is 0.831. The third kappa shape index (κ3) is 4.57. The second-order valence-electron chi connectivity index (χ2n) is 6.17. The molecule has 1 aliphatic heterocycles. The predicted molar refractivity (Wildman–Crippen MR) is 104 cm³/mol. The average molecular weight is 418 g/mol. The van der Waals surface area contributed by atoms with Crippen molar-refractivity contribution < 1.29 is 9.59 Å². The van der Waals surface area contributed by atoms with Gasteiger partial charge in [0.15, 0.2) is 0 Å². The fraction of sp³-hybridized carbons (Fsp3) is 0.333. The molecule has 1 aromatic heterocycles. The first kappa shape index (κ1) is 18.3. The van der Waals surface area contributed by atoms with E-state index in [0.29, 0.717) is 17.3 Å². The van der Waals surface area contributed by atoms with Crippen LogP contribution < -0.4 is 15.5 Å². The molecular weight excluding hydrogens is 398 g/mol. The summed E-state index contributed by atoms with van der Waals surface area (Å²) in [5.41, 5.74) is 1.18. The number of anilines is 3. The summed E-state index contributed by atoms with van der Waals surface area (Å²) in [7, 11) is 0. The average Bonchev–Trinajstić information content (AvgIpc) is 2.64. The van der Waals surface area contributed by atoms with Crippen LogP contribution >= 0.6 is 15.9 Å². The number of nitrogens with one attached hydrogen (secondary N) is 2. The number of carbonyl (C=O) groups excluding carboxylic acids is 2. The summed E-state index contributed by atoms with van der Waals surface area (Å²) in [6.07, 6.45) is 4.90. The van der Waals surface area contributed by atoms with Crippen LogP contribution in [-0.2, 0) is 9.59 Å². The van der Waals surface area contributed by atoms with Crippen molar-refractivity contribution in [3.63, 3.8) is 0 Å². The Balaban J connectivity index is 1.63. The number of hydrogen-bond donors (Lipinski definition) is 2. The standard InChI is InChI=1S/C18H20BrN5O2/c1-12(25)22-15-4-3-14(19)11-16(15)23-17(26)13-5-9-24(10-6-13)18-20-7-2-8-21-18/h2-4,7-8,11,13H,5-6,9-10H2,1H3,(H,22,25)(H,23,26). The lowest BCUT2D eigenvalue weighted by Crippen LogP contribution is -2.39. The number of rotatable bonds is 4. The van der Waals surface area contributed by atoms with Crippen LogP contribution in [0, 0.1) is 5.92 Å². The van der Waals surface area contributed by atoms with Gasteiger partial charge >= 0.3 is 0 Å². The minimum atomic E-state index is -0.181. The molecule has 1 fully saturated rings. The van der Waals surface area contributed by atoms with Crippen LogP contribution in [0.25, 0.3) is 0 Å². The maximum Gasteiger partial charge on any atom is 0.227 e. The van der Waals surface area contributed by atoms with E-state index in [2.05, 4.69) is 41.4 Å². The zero-order valence-electron chi connectivity index (χ0n) is 14.4. The maximum absolute atomic E-state index is 12.7. The summed E-state index contributed by atoms with van der Waals surface area (Å²) in [5.74, 6) is 0.396. The number of nitrogens with zero attached hydrogens (tertiary/aromatic N) is 3. The lowest BCUT2D eigenvalue weighted by Gasteiger charge is -2.31. The summed E-state index contributed by atoms with van der Waals surface area (Å²) >= 11 is 3.40. The van der Waals surface area contributed by atoms with Gasteiger partial charge in [-0.1, -0.05) is 15.9 Å². The Morgan fingerprint density at radius 3 is 2.46 bits per heavy atom. The van der Waals surface area contributed by atoms with Crippen molar-refractivity contribution in [1.82, 2.24) is 9.97 Å². The molecule has 7 nitrogen and oxygen atoms in total. The molecule has 2 heterocycles. The van der Waals surface area contributed by atoms with Crippen LogP contribution in [0.4, 0.5) is 17.3 Å². The van der Waals surface area contributed by atoms with Gasteiger partial charge in [-0.2, -0.15) is 0 Å². The number of carbonyl (C=O) groups is 2. The van der Waals surface area contributed by atoms with Gasteiger partial charge in [0.2, 0.25) is 17.8 Å². The predicted octanol–water partition coefficient (Wildman–Crippen LogP) is 3.05. The number of benzene rings is 1. The number of aromatic nitrogens is 2. The van der Waals surface area contributed by atoms with E-state index in [1.165, 1.54) is 6.92 Å². The number of amides is 2. The molecule has 0 atom stereocenters. The highest BCUT2D eigenvalue weighted by molar-refractivity contribution is 9.10. The minimum Gasteiger partial charge on any atom is -0.341 e. The molecule has 1 aromatic carbocycles. The Morgan fingerprint density at radius 1 is 1.12 bits per heavy atom. The molecule has 2 N–H and O–H groups in total. The van der Waals surface area contributed by atoms with Crippen LogP contribution in [0.5, 0.6) is 0 Å². The van der Waals surface area contributed by atoms with Gasteiger partial charge in [0.25, 0.3) is 0 Å². The first-order valence-corrected chi connectivity index (χ1v) is 9.22. The van der Waals surface area contributed by atoms with Crippen molar-refractivity contribution in [3.05, 3.63) is 41.1 Å². The van der Waals surface area contributed by atoms with Gasteiger partial charge in [0.05, 0.1) is 11.4 Å². The van der Waals surface area contributed by atoms with E-state index < -0.39 is 0 Å². The molecule has 0 radical (unpaired) electrons. The molecule has 0 unspecified atom stereocenters. The molecule has 0 saturated carbocycles. The van der Waals surface area contributed by atoms with Gasteiger partial charge in [-0.25, -0.2) is 9.97 Å². The molecule has 0 spiro atoms. The Morgan fingerprint density at radius 2 is 1.81 bits per heavy atom. The van der Waals surface area contributed by atoms with E-state index in [-0.39, 0.29) is 17.7 Å². The van der Waals surface area contributed by atoms with Crippen molar-refractivity contribution in [3.8, 4) is 0 Å². The van der Waals surface area contributed by atoms with Crippen molar-refractivity contribution in [1.29, 1.82) is 0 Å². The van der Waals surface area contributed by atoms with Gasteiger partial charge in [0, 0.05) is 42.8 Å². The second-order valence-corrected chi connectivity index (χ2v) is 7.09. The highest BCUT2D eigenvalue weighted by atomic mass is 79.9. The van der Waals surface area contributed by atoms with E-state index in [4.69, 9.17) is 0 Å². The highest BCUT2D eigenvalue weighted by Gasteiger charge is 2.26. The van der Waals surface area contributed by atoms with Crippen LogP contribution in [0.3, 0.4) is 0 Å². The summed E-state index contributed by atoms with van der Waals surface area (Å²) in [4.78, 5) is 34.6. The zero-order valence-corrected chi connectivity index (χ0v) is 16.0. The Labute approximate surface area is 160 Å². The first-order valence-electron chi connectivity index (χ1n) is 8.43. The third-order valence-electron chi connectivity index (χ3n) is 4.25. The molecule has 3 rings (SSSR count). The van der Waals surface area contributed by atoms with E-state index >= 15 is 0 Å². The molecule has 0 bridgehead atoms. The molecule has 2 amide bonds. The normalized spacial score (nSPS) is 14.8. The minimum absolute atomic E-state index is 0.0386. The summed E-state index contributed by atoms with van der Waals surface area (Å²) in [5, 5.41) is 5.69. The SMILES string of the molecule is CC(=O)Nc1ccc(Br)cc1NC(=O)C1CCN(c2ncccn2)CC1. The van der Waals surface area contributed by atoms with Crippen molar-refractivity contribution in [2.45, 2.75) is 19.8 Å². The van der Waals surface area contributed by atoms with Gasteiger partial charge in [-0.3, -0.25) is 9.59 Å². The third-order valence-corrected chi connectivity index (χ3v) is 4.74. The fourth-order valence-electron chi connectivity index (χ4n) is 2.95. The van der Waals surface area contributed by atoms with Crippen LogP contribution in [0.2, 0.25) is 0 Å². The Bertz CT molecular complexity index is 791.